The van der Waals surface area contributed by atoms with E-state index in [2.05, 4.69) is 15.0 Å². The normalized spacial score (nSPS) is 13.4. The Hall–Kier alpha value is -4.17. The minimum Gasteiger partial charge on any atom is -0.376 e. The van der Waals surface area contributed by atoms with Crippen LogP contribution < -0.4 is 14.7 Å². The average molecular weight is 535 g/mol. The minimum atomic E-state index is -1.39. The molecule has 0 fully saturated rings. The van der Waals surface area contributed by atoms with E-state index in [9.17, 15) is 30.6 Å². The van der Waals surface area contributed by atoms with Gasteiger partial charge < -0.3 is 30.6 Å². The van der Waals surface area contributed by atoms with E-state index < -0.39 is 38.9 Å². The fourth-order valence-electron chi connectivity index (χ4n) is 3.89. The molecule has 0 spiro atoms. The van der Waals surface area contributed by atoms with Gasteiger partial charge in [0.1, 0.15) is 20.2 Å². The molecule has 0 aliphatic rings. The predicted octanol–water partition coefficient (Wildman–Crippen LogP) is 1.21. The van der Waals surface area contributed by atoms with Crippen LogP contribution in [0.3, 0.4) is 0 Å². The van der Waals surface area contributed by atoms with E-state index in [-0.39, 0.29) is 17.8 Å². The third kappa shape index (κ3) is 6.29. The van der Waals surface area contributed by atoms with Crippen molar-refractivity contribution in [3.8, 4) is 0 Å². The molecule has 3 unspecified atom stereocenters. The number of rotatable bonds is 12. The highest BCUT2D eigenvalue weighted by atomic mass is 16.3. The Labute approximate surface area is 224 Å². The number of nitrogens with zero attached hydrogens (tertiary/aromatic N) is 6. The molecule has 0 aliphatic heterocycles. The van der Waals surface area contributed by atoms with Crippen LogP contribution in [0.2, 0.25) is 0 Å². The Morgan fingerprint density at radius 3 is 0.872 bits per heavy atom. The molecule has 204 valence electrons. The van der Waals surface area contributed by atoms with Crippen LogP contribution in [-0.2, 0) is 0 Å². The number of hydrogen-bond acceptors (Lipinski definition) is 12. The van der Waals surface area contributed by atoms with Gasteiger partial charge in [0, 0.05) is 16.7 Å². The van der Waals surface area contributed by atoms with Gasteiger partial charge in [0.25, 0.3) is 0 Å². The smallest absolute Gasteiger partial charge is 0.236 e. The maximum absolute atomic E-state index is 11.0. The molecule has 4 aromatic rings. The molecular formula is C27H30N6O6. The lowest BCUT2D eigenvalue weighted by Gasteiger charge is -2.32. The summed E-state index contributed by atoms with van der Waals surface area (Å²) in [5.74, 6) is -0.733. The van der Waals surface area contributed by atoms with E-state index in [0.29, 0.717) is 16.7 Å². The lowest BCUT2D eigenvalue weighted by molar-refractivity contribution is 0.129. The first-order valence-electron chi connectivity index (χ1n) is 12.1. The van der Waals surface area contributed by atoms with E-state index in [0.717, 1.165) is 14.7 Å². The SMILES string of the molecule is OCN(c1nc(N(CO)C(O)c2ccccc2)nc(N(CO)C(O)c2ccccc2)n1)C(O)c1ccccc1. The van der Waals surface area contributed by atoms with Crippen molar-refractivity contribution in [2.75, 3.05) is 34.9 Å². The van der Waals surface area contributed by atoms with Crippen molar-refractivity contribution in [3.63, 3.8) is 0 Å². The molecule has 6 N–H and O–H groups in total. The summed E-state index contributed by atoms with van der Waals surface area (Å²) in [6, 6.07) is 25.5. The van der Waals surface area contributed by atoms with Gasteiger partial charge in [-0.2, -0.15) is 15.0 Å². The van der Waals surface area contributed by atoms with Crippen molar-refractivity contribution in [2.24, 2.45) is 0 Å². The first-order chi connectivity index (χ1) is 19.0. The fraction of sp³-hybridized carbons (Fsp3) is 0.222. The number of aliphatic hydroxyl groups excluding tert-OH is 6. The molecule has 0 saturated heterocycles. The molecule has 0 radical (unpaired) electrons. The zero-order valence-corrected chi connectivity index (χ0v) is 20.9. The van der Waals surface area contributed by atoms with Gasteiger partial charge in [0.15, 0.2) is 18.7 Å². The number of hydrogen-bond donors (Lipinski definition) is 6. The second kappa shape index (κ2) is 13.1. The Balaban J connectivity index is 1.83. The Bertz CT molecular complexity index is 1130. The number of aromatic nitrogens is 3. The van der Waals surface area contributed by atoms with E-state index >= 15 is 0 Å². The van der Waals surface area contributed by atoms with Crippen molar-refractivity contribution < 1.29 is 30.6 Å². The summed E-state index contributed by atoms with van der Waals surface area (Å²) >= 11 is 0. The van der Waals surface area contributed by atoms with Gasteiger partial charge in [-0.1, -0.05) is 91.0 Å². The maximum Gasteiger partial charge on any atom is 0.236 e. The lowest BCUT2D eigenvalue weighted by Crippen LogP contribution is -2.37. The van der Waals surface area contributed by atoms with Gasteiger partial charge >= 0.3 is 0 Å². The second-order valence-electron chi connectivity index (χ2n) is 8.42. The summed E-state index contributed by atoms with van der Waals surface area (Å²) in [7, 11) is 0. The Morgan fingerprint density at radius 1 is 0.436 bits per heavy atom. The zero-order chi connectivity index (χ0) is 27.8. The van der Waals surface area contributed by atoms with Crippen molar-refractivity contribution in [2.45, 2.75) is 18.7 Å². The number of benzene rings is 3. The molecule has 3 atom stereocenters. The van der Waals surface area contributed by atoms with Crippen molar-refractivity contribution in [1.82, 2.24) is 15.0 Å². The van der Waals surface area contributed by atoms with Crippen LogP contribution in [0.5, 0.6) is 0 Å². The third-order valence-electron chi connectivity index (χ3n) is 6.01. The molecular weight excluding hydrogens is 504 g/mol. The Morgan fingerprint density at radius 2 is 0.667 bits per heavy atom. The van der Waals surface area contributed by atoms with Gasteiger partial charge in [-0.15, -0.1) is 0 Å². The highest BCUT2D eigenvalue weighted by Crippen LogP contribution is 2.30. The molecule has 0 bridgehead atoms. The standard InChI is InChI=1S/C27H30N6O6/c34-16-31(22(37)19-10-4-1-5-11-19)25-28-26(32(17-35)23(38)20-12-6-2-7-13-20)30-27(29-25)33(18-36)24(39)21-14-8-3-9-15-21/h1-15,22-24,34-39H,16-18H2. The van der Waals surface area contributed by atoms with Gasteiger partial charge in [0.05, 0.1) is 0 Å². The van der Waals surface area contributed by atoms with Gasteiger partial charge in [-0.3, -0.25) is 14.7 Å². The van der Waals surface area contributed by atoms with Crippen molar-refractivity contribution in [3.05, 3.63) is 108 Å². The largest absolute Gasteiger partial charge is 0.376 e. The molecule has 0 amide bonds. The van der Waals surface area contributed by atoms with E-state index in [1.54, 1.807) is 91.0 Å². The highest BCUT2D eigenvalue weighted by molar-refractivity contribution is 5.49. The fourth-order valence-corrected chi connectivity index (χ4v) is 3.89. The van der Waals surface area contributed by atoms with Gasteiger partial charge in [-0.05, 0) is 0 Å². The van der Waals surface area contributed by atoms with Crippen LogP contribution in [-0.4, -0.2) is 65.8 Å². The number of anilines is 3. The molecule has 4 rings (SSSR count). The van der Waals surface area contributed by atoms with Crippen LogP contribution in [0, 0.1) is 0 Å². The summed E-state index contributed by atoms with van der Waals surface area (Å²) < 4.78 is 0. The summed E-state index contributed by atoms with van der Waals surface area (Å²) in [4.78, 5) is 16.1. The summed E-state index contributed by atoms with van der Waals surface area (Å²) in [5.41, 5.74) is 1.30. The monoisotopic (exact) mass is 534 g/mol. The van der Waals surface area contributed by atoms with Crippen molar-refractivity contribution in [1.29, 1.82) is 0 Å². The lowest BCUT2D eigenvalue weighted by atomic mass is 10.2. The van der Waals surface area contributed by atoms with Crippen LogP contribution in [0.1, 0.15) is 35.4 Å². The molecule has 3 aromatic carbocycles. The predicted molar refractivity (Wildman–Crippen MR) is 143 cm³/mol. The first kappa shape index (κ1) is 27.9. The molecule has 1 aromatic heterocycles. The van der Waals surface area contributed by atoms with E-state index in [4.69, 9.17) is 0 Å². The minimum absolute atomic E-state index is 0.244. The quantitative estimate of drug-likeness (QED) is 0.144. The van der Waals surface area contributed by atoms with Crippen LogP contribution in [0.15, 0.2) is 91.0 Å². The van der Waals surface area contributed by atoms with E-state index in [1.165, 1.54) is 0 Å². The third-order valence-corrected chi connectivity index (χ3v) is 6.01. The zero-order valence-electron chi connectivity index (χ0n) is 20.9. The van der Waals surface area contributed by atoms with E-state index in [1.807, 2.05) is 0 Å². The van der Waals surface area contributed by atoms with Gasteiger partial charge in [0.2, 0.25) is 17.8 Å². The molecule has 12 heteroatoms. The molecule has 0 aliphatic carbocycles. The van der Waals surface area contributed by atoms with Crippen LogP contribution in [0.4, 0.5) is 17.8 Å². The summed E-state index contributed by atoms with van der Waals surface area (Å²) in [5, 5.41) is 63.7. The molecule has 1 heterocycles. The molecule has 12 nitrogen and oxygen atoms in total. The van der Waals surface area contributed by atoms with Crippen molar-refractivity contribution >= 4 is 17.8 Å². The topological polar surface area (TPSA) is 170 Å². The van der Waals surface area contributed by atoms with Crippen LogP contribution in [0.25, 0.3) is 0 Å². The second-order valence-corrected chi connectivity index (χ2v) is 8.42. The molecule has 39 heavy (non-hydrogen) atoms. The maximum atomic E-state index is 11.0. The average Bonchev–Trinajstić information content (AvgIpc) is 2.99. The Kier molecular flexibility index (Phi) is 9.33. The summed E-state index contributed by atoms with van der Waals surface area (Å²) in [6.07, 6.45) is -4.16. The highest BCUT2D eigenvalue weighted by Gasteiger charge is 2.29. The number of aliphatic hydroxyl groups is 6. The van der Waals surface area contributed by atoms with Gasteiger partial charge in [-0.25, -0.2) is 0 Å². The van der Waals surface area contributed by atoms with Crippen LogP contribution >= 0.6 is 0 Å². The summed E-state index contributed by atoms with van der Waals surface area (Å²) in [6.45, 7) is -2.17. The first-order valence-corrected chi connectivity index (χ1v) is 12.1. The molecule has 0 saturated carbocycles.